The van der Waals surface area contributed by atoms with Gasteiger partial charge >= 0.3 is 5.97 Å². The Balaban J connectivity index is 1.59. The predicted octanol–water partition coefficient (Wildman–Crippen LogP) is 4.86. The molecule has 35 heavy (non-hydrogen) atoms. The molecule has 8 nitrogen and oxygen atoms in total. The average Bonchev–Trinajstić information content (AvgIpc) is 2.87. The van der Waals surface area contributed by atoms with E-state index in [0.29, 0.717) is 40.6 Å². The van der Waals surface area contributed by atoms with Gasteiger partial charge in [0, 0.05) is 16.3 Å². The molecule has 0 saturated heterocycles. The van der Waals surface area contributed by atoms with Gasteiger partial charge in [0.05, 0.1) is 32.1 Å². The van der Waals surface area contributed by atoms with E-state index in [1.807, 2.05) is 6.07 Å². The molecule has 0 aromatic heterocycles. The van der Waals surface area contributed by atoms with Crippen LogP contribution in [0.5, 0.6) is 11.5 Å². The zero-order valence-electron chi connectivity index (χ0n) is 19.6. The molecule has 0 heterocycles. The number of methoxy groups -OCH3 is 2. The SMILES string of the molecule is CCOC(=O)c1ccc(NC(=O)CSc2cccc(NC(=O)c3c(OC)cccc3OC)c2)cc1. The first-order valence-electron chi connectivity index (χ1n) is 10.8. The normalized spacial score (nSPS) is 10.3. The molecular weight excluding hydrogens is 468 g/mol. The van der Waals surface area contributed by atoms with E-state index in [9.17, 15) is 14.4 Å². The number of anilines is 2. The summed E-state index contributed by atoms with van der Waals surface area (Å²) in [6.07, 6.45) is 0. The third-order valence-electron chi connectivity index (χ3n) is 4.80. The van der Waals surface area contributed by atoms with Crippen LogP contribution in [-0.4, -0.2) is 44.4 Å². The second kappa shape index (κ2) is 12.5. The highest BCUT2D eigenvalue weighted by molar-refractivity contribution is 8.00. The van der Waals surface area contributed by atoms with Crippen LogP contribution in [0.2, 0.25) is 0 Å². The third-order valence-corrected chi connectivity index (χ3v) is 5.79. The van der Waals surface area contributed by atoms with Crippen LogP contribution in [-0.2, 0) is 9.53 Å². The smallest absolute Gasteiger partial charge is 0.338 e. The zero-order chi connectivity index (χ0) is 25.2. The van der Waals surface area contributed by atoms with Crippen LogP contribution >= 0.6 is 11.8 Å². The van der Waals surface area contributed by atoms with Crippen molar-refractivity contribution >= 4 is 40.9 Å². The largest absolute Gasteiger partial charge is 0.496 e. The molecule has 182 valence electrons. The molecule has 0 atom stereocenters. The molecule has 3 aromatic carbocycles. The Morgan fingerprint density at radius 1 is 0.829 bits per heavy atom. The first kappa shape index (κ1) is 25.6. The number of thioether (sulfide) groups is 1. The van der Waals surface area contributed by atoms with Crippen molar-refractivity contribution in [3.05, 3.63) is 77.9 Å². The van der Waals surface area contributed by atoms with Crippen LogP contribution in [0, 0.1) is 0 Å². The number of nitrogens with one attached hydrogen (secondary N) is 2. The highest BCUT2D eigenvalue weighted by Crippen LogP contribution is 2.30. The van der Waals surface area contributed by atoms with Gasteiger partial charge in [0.25, 0.3) is 5.91 Å². The van der Waals surface area contributed by atoms with Gasteiger partial charge in [-0.1, -0.05) is 12.1 Å². The standard InChI is InChI=1S/C26H26N2O6S/c1-4-34-26(31)17-11-13-18(14-12-17)27-23(29)16-35-20-8-5-7-19(15-20)28-25(30)24-21(32-2)9-6-10-22(24)33-3/h5-15H,4,16H2,1-3H3,(H,27,29)(H,28,30). The van der Waals surface area contributed by atoms with Gasteiger partial charge in [-0.15, -0.1) is 11.8 Å². The molecule has 0 fully saturated rings. The van der Waals surface area contributed by atoms with Crippen LogP contribution in [0.25, 0.3) is 0 Å². The minimum Gasteiger partial charge on any atom is -0.496 e. The van der Waals surface area contributed by atoms with Gasteiger partial charge in [-0.3, -0.25) is 9.59 Å². The Labute approximate surface area is 208 Å². The minimum absolute atomic E-state index is 0.164. The molecule has 0 spiro atoms. The van der Waals surface area contributed by atoms with E-state index in [2.05, 4.69) is 10.6 Å². The van der Waals surface area contributed by atoms with E-state index >= 15 is 0 Å². The van der Waals surface area contributed by atoms with Crippen molar-refractivity contribution in [2.24, 2.45) is 0 Å². The van der Waals surface area contributed by atoms with Gasteiger partial charge in [0.15, 0.2) is 0 Å². The van der Waals surface area contributed by atoms with Crippen LogP contribution in [0.15, 0.2) is 71.6 Å². The lowest BCUT2D eigenvalue weighted by atomic mass is 10.1. The quantitative estimate of drug-likeness (QED) is 0.306. The molecule has 0 aliphatic rings. The lowest BCUT2D eigenvalue weighted by Gasteiger charge is -2.13. The number of hydrogen-bond acceptors (Lipinski definition) is 7. The van der Waals surface area contributed by atoms with E-state index in [4.69, 9.17) is 14.2 Å². The summed E-state index contributed by atoms with van der Waals surface area (Å²) in [7, 11) is 2.98. The molecule has 2 amide bonds. The fourth-order valence-electron chi connectivity index (χ4n) is 3.18. The second-order valence-electron chi connectivity index (χ2n) is 7.15. The summed E-state index contributed by atoms with van der Waals surface area (Å²) in [6.45, 7) is 2.04. The number of esters is 1. The molecule has 0 saturated carbocycles. The van der Waals surface area contributed by atoms with E-state index in [1.54, 1.807) is 67.6 Å². The Bertz CT molecular complexity index is 1170. The van der Waals surface area contributed by atoms with E-state index in [0.717, 1.165) is 4.90 Å². The number of rotatable bonds is 10. The summed E-state index contributed by atoms with van der Waals surface area (Å²) < 4.78 is 15.6. The van der Waals surface area contributed by atoms with Crippen molar-refractivity contribution < 1.29 is 28.6 Å². The summed E-state index contributed by atoms with van der Waals surface area (Å²) in [6, 6.07) is 18.8. The van der Waals surface area contributed by atoms with Crippen molar-refractivity contribution in [1.29, 1.82) is 0 Å². The van der Waals surface area contributed by atoms with Gasteiger partial charge in [-0.2, -0.15) is 0 Å². The van der Waals surface area contributed by atoms with Crippen molar-refractivity contribution in [2.75, 3.05) is 37.2 Å². The fourth-order valence-corrected chi connectivity index (χ4v) is 3.94. The predicted molar refractivity (Wildman–Crippen MR) is 136 cm³/mol. The monoisotopic (exact) mass is 494 g/mol. The molecule has 0 aliphatic heterocycles. The molecule has 9 heteroatoms. The maximum atomic E-state index is 12.9. The number of ether oxygens (including phenoxy) is 3. The third kappa shape index (κ3) is 7.00. The Kier molecular flexibility index (Phi) is 9.14. The summed E-state index contributed by atoms with van der Waals surface area (Å²) >= 11 is 1.33. The van der Waals surface area contributed by atoms with Gasteiger partial charge < -0.3 is 24.8 Å². The average molecular weight is 495 g/mol. The van der Waals surface area contributed by atoms with Crippen molar-refractivity contribution in [2.45, 2.75) is 11.8 Å². The molecule has 0 bridgehead atoms. The minimum atomic E-state index is -0.406. The summed E-state index contributed by atoms with van der Waals surface area (Å²) in [5, 5.41) is 5.64. The molecule has 2 N–H and O–H groups in total. The molecule has 0 aliphatic carbocycles. The Hall–Kier alpha value is -3.98. The fraction of sp³-hybridized carbons (Fsp3) is 0.192. The van der Waals surface area contributed by atoms with Gasteiger partial charge in [0.2, 0.25) is 5.91 Å². The molecular formula is C26H26N2O6S. The van der Waals surface area contributed by atoms with Crippen LogP contribution in [0.3, 0.4) is 0 Å². The maximum absolute atomic E-state index is 12.9. The first-order valence-corrected chi connectivity index (χ1v) is 11.8. The van der Waals surface area contributed by atoms with Gasteiger partial charge in [-0.25, -0.2) is 4.79 Å². The summed E-state index contributed by atoms with van der Waals surface area (Å²) in [5.41, 5.74) is 1.87. The molecule has 0 unspecified atom stereocenters. The van der Waals surface area contributed by atoms with E-state index in [-0.39, 0.29) is 17.6 Å². The molecule has 3 aromatic rings. The Morgan fingerprint density at radius 3 is 2.11 bits per heavy atom. The van der Waals surface area contributed by atoms with Crippen molar-refractivity contribution in [1.82, 2.24) is 0 Å². The lowest BCUT2D eigenvalue weighted by molar-refractivity contribution is -0.113. The highest BCUT2D eigenvalue weighted by atomic mass is 32.2. The molecule has 3 rings (SSSR count). The van der Waals surface area contributed by atoms with Crippen LogP contribution in [0.1, 0.15) is 27.6 Å². The van der Waals surface area contributed by atoms with Crippen LogP contribution < -0.4 is 20.1 Å². The van der Waals surface area contributed by atoms with Gasteiger partial charge in [0.1, 0.15) is 17.1 Å². The number of carbonyl (C=O) groups is 3. The number of amides is 2. The number of carbonyl (C=O) groups excluding carboxylic acids is 3. The van der Waals surface area contributed by atoms with Crippen molar-refractivity contribution in [3.8, 4) is 11.5 Å². The summed E-state index contributed by atoms with van der Waals surface area (Å²) in [5.74, 6) is -0.00885. The zero-order valence-corrected chi connectivity index (χ0v) is 20.4. The second-order valence-corrected chi connectivity index (χ2v) is 8.20. The first-order chi connectivity index (χ1) is 16.9. The topological polar surface area (TPSA) is 103 Å². The maximum Gasteiger partial charge on any atom is 0.338 e. The highest BCUT2D eigenvalue weighted by Gasteiger charge is 2.18. The summed E-state index contributed by atoms with van der Waals surface area (Å²) in [4.78, 5) is 37.8. The van der Waals surface area contributed by atoms with Crippen LogP contribution in [0.4, 0.5) is 11.4 Å². The number of hydrogen-bond donors (Lipinski definition) is 2. The molecule has 0 radical (unpaired) electrons. The van der Waals surface area contributed by atoms with Crippen molar-refractivity contribution in [3.63, 3.8) is 0 Å². The van der Waals surface area contributed by atoms with E-state index < -0.39 is 5.97 Å². The number of benzene rings is 3. The lowest BCUT2D eigenvalue weighted by Crippen LogP contribution is -2.15. The van der Waals surface area contributed by atoms with Gasteiger partial charge in [-0.05, 0) is 61.5 Å². The van der Waals surface area contributed by atoms with E-state index in [1.165, 1.54) is 26.0 Å². The Morgan fingerprint density at radius 2 is 1.49 bits per heavy atom.